The molecule has 1 rings (SSSR count). The summed E-state index contributed by atoms with van der Waals surface area (Å²) in [4.78, 5) is 15.7. The lowest BCUT2D eigenvalue weighted by Crippen LogP contribution is -2.40. The first-order valence-electron chi connectivity index (χ1n) is 5.29. The molecule has 14 heavy (non-hydrogen) atoms. The SMILES string of the molecule is CN(C)CCC(=O)N1CCCC1CN. The summed E-state index contributed by atoms with van der Waals surface area (Å²) in [7, 11) is 3.97. The second-order valence-electron chi connectivity index (χ2n) is 4.17. The van der Waals surface area contributed by atoms with Crippen molar-refractivity contribution in [2.75, 3.05) is 33.7 Å². The lowest BCUT2D eigenvalue weighted by atomic mass is 10.2. The van der Waals surface area contributed by atoms with Crippen molar-refractivity contribution < 1.29 is 4.79 Å². The average Bonchev–Trinajstić information content (AvgIpc) is 2.61. The first-order chi connectivity index (χ1) is 6.65. The van der Waals surface area contributed by atoms with Crippen LogP contribution in [0.3, 0.4) is 0 Å². The van der Waals surface area contributed by atoms with E-state index in [-0.39, 0.29) is 5.91 Å². The van der Waals surface area contributed by atoms with Crippen LogP contribution >= 0.6 is 0 Å². The van der Waals surface area contributed by atoms with E-state index in [2.05, 4.69) is 0 Å². The maximum Gasteiger partial charge on any atom is 0.224 e. The van der Waals surface area contributed by atoms with Gasteiger partial charge in [0.25, 0.3) is 0 Å². The summed E-state index contributed by atoms with van der Waals surface area (Å²) in [5.74, 6) is 0.256. The van der Waals surface area contributed by atoms with Crippen molar-refractivity contribution in [3.8, 4) is 0 Å². The Balaban J connectivity index is 2.35. The van der Waals surface area contributed by atoms with E-state index in [1.54, 1.807) is 0 Å². The molecule has 1 aliphatic rings. The van der Waals surface area contributed by atoms with Crippen molar-refractivity contribution in [2.24, 2.45) is 5.73 Å². The molecule has 0 aromatic rings. The van der Waals surface area contributed by atoms with Crippen LogP contribution in [0.2, 0.25) is 0 Å². The number of carbonyl (C=O) groups excluding carboxylic acids is 1. The number of likely N-dealkylation sites (tertiary alicyclic amines) is 1. The summed E-state index contributed by atoms with van der Waals surface area (Å²) in [5.41, 5.74) is 5.61. The molecule has 1 saturated heterocycles. The van der Waals surface area contributed by atoms with Crippen LogP contribution in [0.15, 0.2) is 0 Å². The van der Waals surface area contributed by atoms with E-state index in [0.29, 0.717) is 19.0 Å². The minimum absolute atomic E-state index is 0.256. The zero-order valence-electron chi connectivity index (χ0n) is 9.20. The Hall–Kier alpha value is -0.610. The summed E-state index contributed by atoms with van der Waals surface area (Å²) in [5, 5.41) is 0. The van der Waals surface area contributed by atoms with Crippen LogP contribution in [0.25, 0.3) is 0 Å². The molecule has 1 heterocycles. The van der Waals surface area contributed by atoms with Crippen LogP contribution in [0.5, 0.6) is 0 Å². The Bertz CT molecular complexity index is 194. The molecule has 1 amide bonds. The third kappa shape index (κ3) is 2.96. The molecule has 4 heteroatoms. The van der Waals surface area contributed by atoms with Gasteiger partial charge >= 0.3 is 0 Å². The number of hydrogen-bond acceptors (Lipinski definition) is 3. The molecule has 0 spiro atoms. The van der Waals surface area contributed by atoms with Crippen molar-refractivity contribution in [3.63, 3.8) is 0 Å². The third-order valence-corrected chi connectivity index (χ3v) is 2.74. The summed E-state index contributed by atoms with van der Waals surface area (Å²) in [6, 6.07) is 0.296. The highest BCUT2D eigenvalue weighted by molar-refractivity contribution is 5.77. The molecular weight excluding hydrogens is 178 g/mol. The first-order valence-corrected chi connectivity index (χ1v) is 5.29. The number of nitrogens with zero attached hydrogens (tertiary/aromatic N) is 2. The van der Waals surface area contributed by atoms with Crippen LogP contribution in [-0.4, -0.2) is 55.5 Å². The fourth-order valence-corrected chi connectivity index (χ4v) is 1.87. The van der Waals surface area contributed by atoms with E-state index in [1.807, 2.05) is 23.9 Å². The van der Waals surface area contributed by atoms with E-state index in [1.165, 1.54) is 0 Å². The summed E-state index contributed by atoms with van der Waals surface area (Å²) >= 11 is 0. The quantitative estimate of drug-likeness (QED) is 0.687. The number of rotatable bonds is 4. The molecule has 1 atom stereocenters. The minimum Gasteiger partial charge on any atom is -0.338 e. The van der Waals surface area contributed by atoms with Crippen LogP contribution in [0, 0.1) is 0 Å². The van der Waals surface area contributed by atoms with Crippen LogP contribution < -0.4 is 5.73 Å². The molecule has 1 aliphatic heterocycles. The van der Waals surface area contributed by atoms with Gasteiger partial charge in [0.15, 0.2) is 0 Å². The number of amides is 1. The van der Waals surface area contributed by atoms with E-state index >= 15 is 0 Å². The molecule has 82 valence electrons. The predicted molar refractivity (Wildman–Crippen MR) is 57.0 cm³/mol. The van der Waals surface area contributed by atoms with Gasteiger partial charge in [0.05, 0.1) is 0 Å². The molecule has 0 aromatic carbocycles. The molecule has 0 saturated carbocycles. The second-order valence-corrected chi connectivity index (χ2v) is 4.17. The number of nitrogens with two attached hydrogens (primary N) is 1. The molecule has 2 N–H and O–H groups in total. The highest BCUT2D eigenvalue weighted by Crippen LogP contribution is 2.16. The monoisotopic (exact) mass is 199 g/mol. The first kappa shape index (κ1) is 11.5. The van der Waals surface area contributed by atoms with Crippen molar-refractivity contribution in [3.05, 3.63) is 0 Å². The second kappa shape index (κ2) is 5.32. The summed E-state index contributed by atoms with van der Waals surface area (Å²) in [6.45, 7) is 2.33. The summed E-state index contributed by atoms with van der Waals surface area (Å²) < 4.78 is 0. The lowest BCUT2D eigenvalue weighted by molar-refractivity contribution is -0.132. The van der Waals surface area contributed by atoms with Crippen LogP contribution in [-0.2, 0) is 4.79 Å². The van der Waals surface area contributed by atoms with Gasteiger partial charge in [-0.15, -0.1) is 0 Å². The van der Waals surface area contributed by atoms with Gasteiger partial charge in [-0.1, -0.05) is 0 Å². The van der Waals surface area contributed by atoms with Gasteiger partial charge in [-0.05, 0) is 26.9 Å². The Morgan fingerprint density at radius 3 is 2.86 bits per heavy atom. The standard InChI is InChI=1S/C10H21N3O/c1-12(2)7-5-10(14)13-6-3-4-9(13)8-11/h9H,3-8,11H2,1-2H3. The number of carbonyl (C=O) groups is 1. The fraction of sp³-hybridized carbons (Fsp3) is 0.900. The minimum atomic E-state index is 0.256. The van der Waals surface area contributed by atoms with E-state index in [4.69, 9.17) is 5.73 Å². The topological polar surface area (TPSA) is 49.6 Å². The van der Waals surface area contributed by atoms with Gasteiger partial charge in [0.1, 0.15) is 0 Å². The van der Waals surface area contributed by atoms with Crippen LogP contribution in [0.1, 0.15) is 19.3 Å². The molecule has 4 nitrogen and oxygen atoms in total. The van der Waals surface area contributed by atoms with Gasteiger partial charge in [-0.25, -0.2) is 0 Å². The van der Waals surface area contributed by atoms with Gasteiger partial charge in [-0.3, -0.25) is 4.79 Å². The molecule has 0 radical (unpaired) electrons. The smallest absolute Gasteiger partial charge is 0.224 e. The Morgan fingerprint density at radius 2 is 2.29 bits per heavy atom. The molecule has 0 bridgehead atoms. The van der Waals surface area contributed by atoms with Crippen LogP contribution in [0.4, 0.5) is 0 Å². The van der Waals surface area contributed by atoms with Gasteiger partial charge in [0.2, 0.25) is 5.91 Å². The Labute approximate surface area is 86.0 Å². The maximum absolute atomic E-state index is 11.8. The van der Waals surface area contributed by atoms with Crippen molar-refractivity contribution in [1.82, 2.24) is 9.80 Å². The maximum atomic E-state index is 11.8. The average molecular weight is 199 g/mol. The molecular formula is C10H21N3O. The molecule has 0 aliphatic carbocycles. The molecule has 0 aromatic heterocycles. The van der Waals surface area contributed by atoms with Gasteiger partial charge < -0.3 is 15.5 Å². The third-order valence-electron chi connectivity index (χ3n) is 2.74. The number of hydrogen-bond donors (Lipinski definition) is 1. The van der Waals surface area contributed by atoms with E-state index < -0.39 is 0 Å². The van der Waals surface area contributed by atoms with E-state index in [9.17, 15) is 4.79 Å². The summed E-state index contributed by atoms with van der Waals surface area (Å²) in [6.07, 6.45) is 2.79. The fourth-order valence-electron chi connectivity index (χ4n) is 1.87. The van der Waals surface area contributed by atoms with Gasteiger partial charge in [-0.2, -0.15) is 0 Å². The normalized spacial score (nSPS) is 22.0. The van der Waals surface area contributed by atoms with Gasteiger partial charge in [0, 0.05) is 32.1 Å². The van der Waals surface area contributed by atoms with Crippen molar-refractivity contribution in [2.45, 2.75) is 25.3 Å². The Kier molecular flexibility index (Phi) is 4.35. The molecule has 1 fully saturated rings. The van der Waals surface area contributed by atoms with Crippen molar-refractivity contribution >= 4 is 5.91 Å². The van der Waals surface area contributed by atoms with E-state index in [0.717, 1.165) is 25.9 Å². The Morgan fingerprint density at radius 1 is 1.57 bits per heavy atom. The lowest BCUT2D eigenvalue weighted by Gasteiger charge is -2.24. The highest BCUT2D eigenvalue weighted by Gasteiger charge is 2.26. The predicted octanol–water partition coefficient (Wildman–Crippen LogP) is -0.112. The highest BCUT2D eigenvalue weighted by atomic mass is 16.2. The largest absolute Gasteiger partial charge is 0.338 e. The van der Waals surface area contributed by atoms with Crippen molar-refractivity contribution in [1.29, 1.82) is 0 Å². The molecule has 1 unspecified atom stereocenters. The zero-order chi connectivity index (χ0) is 10.6. The zero-order valence-corrected chi connectivity index (χ0v) is 9.20.